The van der Waals surface area contributed by atoms with E-state index < -0.39 is 11.7 Å². The quantitative estimate of drug-likeness (QED) is 0.524. The van der Waals surface area contributed by atoms with Gasteiger partial charge in [0.1, 0.15) is 22.2 Å². The minimum absolute atomic E-state index is 0.00579. The van der Waals surface area contributed by atoms with Crippen LogP contribution in [0.2, 0.25) is 0 Å². The van der Waals surface area contributed by atoms with Gasteiger partial charge < -0.3 is 20.3 Å². The van der Waals surface area contributed by atoms with Crippen molar-refractivity contribution in [1.29, 1.82) is 0 Å². The van der Waals surface area contributed by atoms with Crippen molar-refractivity contribution in [1.82, 2.24) is 24.8 Å². The number of likely N-dealkylation sites (tertiary alicyclic amines) is 1. The molecule has 9 nitrogen and oxygen atoms in total. The Morgan fingerprint density at radius 1 is 1.18 bits per heavy atom. The molecule has 4 rings (SSSR count). The van der Waals surface area contributed by atoms with Gasteiger partial charge in [0.05, 0.1) is 26.2 Å². The van der Waals surface area contributed by atoms with Gasteiger partial charge in [-0.3, -0.25) is 9.69 Å². The molecule has 13 heteroatoms. The maximum absolute atomic E-state index is 13.4. The number of nitrogens with one attached hydrogen (secondary N) is 2. The smallest absolute Gasteiger partial charge is 0.379 e. The van der Waals surface area contributed by atoms with Crippen LogP contribution in [0.15, 0.2) is 11.6 Å². The molecule has 2 aliphatic rings. The Hall–Kier alpha value is -2.51. The van der Waals surface area contributed by atoms with Gasteiger partial charge in [0.25, 0.3) is 0 Å². The molecule has 33 heavy (non-hydrogen) atoms. The maximum Gasteiger partial charge on any atom is 0.421 e. The predicted molar refractivity (Wildman–Crippen MR) is 117 cm³/mol. The van der Waals surface area contributed by atoms with Crippen molar-refractivity contribution >= 4 is 34.8 Å². The molecule has 1 amide bonds. The molecule has 0 aromatic carbocycles. The van der Waals surface area contributed by atoms with Crippen molar-refractivity contribution in [3.8, 4) is 0 Å². The Balaban J connectivity index is 1.37. The van der Waals surface area contributed by atoms with E-state index in [1.165, 1.54) is 17.8 Å². The third kappa shape index (κ3) is 6.51. The lowest BCUT2D eigenvalue weighted by Crippen LogP contribution is -2.36. The van der Waals surface area contributed by atoms with E-state index in [-0.39, 0.29) is 24.2 Å². The number of hydrogen-bond acceptors (Lipinski definition) is 9. The average molecular weight is 486 g/mol. The molecule has 0 radical (unpaired) electrons. The molecule has 2 aromatic heterocycles. The van der Waals surface area contributed by atoms with Crippen LogP contribution in [0.4, 0.5) is 30.8 Å². The molecule has 180 valence electrons. The SMILES string of the molecule is O=C1CCOCCN1CCCNc1nc(Nc2csc(CN3CCC3)n2)ncc1C(F)(F)F. The van der Waals surface area contributed by atoms with Gasteiger partial charge >= 0.3 is 6.18 Å². The molecule has 0 unspecified atom stereocenters. The van der Waals surface area contributed by atoms with E-state index >= 15 is 0 Å². The summed E-state index contributed by atoms with van der Waals surface area (Å²) in [6.07, 6.45) is -1.84. The second kappa shape index (κ2) is 10.6. The Labute approximate surface area is 193 Å². The van der Waals surface area contributed by atoms with Crippen molar-refractivity contribution in [2.75, 3.05) is 56.6 Å². The lowest BCUT2D eigenvalue weighted by molar-refractivity contribution is -0.137. The van der Waals surface area contributed by atoms with Crippen molar-refractivity contribution in [2.24, 2.45) is 0 Å². The number of carbonyl (C=O) groups excluding carboxylic acids is 1. The van der Waals surface area contributed by atoms with Crippen LogP contribution in [0.3, 0.4) is 0 Å². The van der Waals surface area contributed by atoms with Gasteiger partial charge in [-0.2, -0.15) is 18.2 Å². The third-order valence-corrected chi connectivity index (χ3v) is 6.24. The first-order valence-corrected chi connectivity index (χ1v) is 11.7. The summed E-state index contributed by atoms with van der Waals surface area (Å²) in [6, 6.07) is 0. The lowest BCUT2D eigenvalue weighted by atomic mass is 10.2. The van der Waals surface area contributed by atoms with E-state index in [1.807, 2.05) is 0 Å². The number of hydrogen-bond donors (Lipinski definition) is 2. The number of rotatable bonds is 9. The minimum atomic E-state index is -4.59. The van der Waals surface area contributed by atoms with Crippen LogP contribution in [0.1, 0.15) is 29.8 Å². The number of halogens is 3. The Morgan fingerprint density at radius 3 is 2.79 bits per heavy atom. The van der Waals surface area contributed by atoms with Crippen molar-refractivity contribution in [3.05, 3.63) is 22.1 Å². The largest absolute Gasteiger partial charge is 0.421 e. The molecule has 2 saturated heterocycles. The molecule has 2 fully saturated rings. The van der Waals surface area contributed by atoms with Crippen molar-refractivity contribution in [2.45, 2.75) is 32.0 Å². The molecule has 2 aromatic rings. The maximum atomic E-state index is 13.4. The van der Waals surface area contributed by atoms with Crippen LogP contribution < -0.4 is 10.6 Å². The highest BCUT2D eigenvalue weighted by molar-refractivity contribution is 7.10. The average Bonchev–Trinajstić information content (AvgIpc) is 3.07. The Morgan fingerprint density at radius 2 is 2.03 bits per heavy atom. The summed E-state index contributed by atoms with van der Waals surface area (Å²) < 4.78 is 45.6. The number of alkyl halides is 3. The number of carbonyl (C=O) groups is 1. The first-order chi connectivity index (χ1) is 15.9. The third-order valence-electron chi connectivity index (χ3n) is 5.41. The van der Waals surface area contributed by atoms with Crippen LogP contribution in [0.25, 0.3) is 0 Å². The highest BCUT2D eigenvalue weighted by Gasteiger charge is 2.35. The van der Waals surface area contributed by atoms with E-state index in [1.54, 1.807) is 10.3 Å². The number of nitrogens with zero attached hydrogens (tertiary/aromatic N) is 5. The zero-order valence-corrected chi connectivity index (χ0v) is 18.8. The summed E-state index contributed by atoms with van der Waals surface area (Å²) in [5.41, 5.74) is -0.941. The molecule has 0 aliphatic carbocycles. The predicted octanol–water partition coefficient (Wildman–Crippen LogP) is 2.95. The number of thiazole rings is 1. The molecule has 0 spiro atoms. The van der Waals surface area contributed by atoms with Gasteiger partial charge in [0.15, 0.2) is 0 Å². The minimum Gasteiger partial charge on any atom is -0.379 e. The first kappa shape index (κ1) is 23.6. The fourth-order valence-electron chi connectivity index (χ4n) is 3.50. The van der Waals surface area contributed by atoms with Gasteiger partial charge in [-0.05, 0) is 25.9 Å². The zero-order chi connectivity index (χ0) is 23.3. The molecule has 4 heterocycles. The summed E-state index contributed by atoms with van der Waals surface area (Å²) in [4.78, 5) is 28.3. The number of amides is 1. The second-order valence-corrected chi connectivity index (χ2v) is 8.80. The normalized spacial score (nSPS) is 17.5. The highest BCUT2D eigenvalue weighted by Crippen LogP contribution is 2.34. The van der Waals surface area contributed by atoms with Crippen LogP contribution >= 0.6 is 11.3 Å². The topological polar surface area (TPSA) is 95.5 Å². The van der Waals surface area contributed by atoms with E-state index in [0.29, 0.717) is 45.0 Å². The number of ether oxygens (including phenoxy) is 1. The molecular formula is C20H26F3N7O2S. The zero-order valence-electron chi connectivity index (χ0n) is 18.0. The lowest BCUT2D eigenvalue weighted by Gasteiger charge is -2.29. The van der Waals surface area contributed by atoms with Gasteiger partial charge in [0, 0.05) is 31.2 Å². The van der Waals surface area contributed by atoms with Crippen molar-refractivity contribution < 1.29 is 22.7 Å². The van der Waals surface area contributed by atoms with Crippen LogP contribution in [0.5, 0.6) is 0 Å². The summed E-state index contributed by atoms with van der Waals surface area (Å²) >= 11 is 1.48. The van der Waals surface area contributed by atoms with Gasteiger partial charge in [-0.1, -0.05) is 0 Å². The van der Waals surface area contributed by atoms with E-state index in [9.17, 15) is 18.0 Å². The monoisotopic (exact) mass is 485 g/mol. The molecule has 2 N–H and O–H groups in total. The Bertz CT molecular complexity index is 952. The molecule has 0 bridgehead atoms. The van der Waals surface area contributed by atoms with Crippen LogP contribution in [-0.4, -0.2) is 76.6 Å². The fraction of sp³-hybridized carbons (Fsp3) is 0.600. The van der Waals surface area contributed by atoms with Gasteiger partial charge in [-0.15, -0.1) is 11.3 Å². The van der Waals surface area contributed by atoms with E-state index in [2.05, 4.69) is 30.5 Å². The van der Waals surface area contributed by atoms with Crippen molar-refractivity contribution in [3.63, 3.8) is 0 Å². The molecule has 2 aliphatic heterocycles. The van der Waals surface area contributed by atoms with Crippen LogP contribution in [-0.2, 0) is 22.3 Å². The van der Waals surface area contributed by atoms with Crippen LogP contribution in [0, 0.1) is 0 Å². The van der Waals surface area contributed by atoms with Gasteiger partial charge in [-0.25, -0.2) is 9.97 Å². The molecular weight excluding hydrogens is 459 g/mol. The number of aromatic nitrogens is 3. The van der Waals surface area contributed by atoms with Gasteiger partial charge in [0.2, 0.25) is 11.9 Å². The van der Waals surface area contributed by atoms with E-state index in [0.717, 1.165) is 30.8 Å². The highest BCUT2D eigenvalue weighted by atomic mass is 32.1. The Kier molecular flexibility index (Phi) is 7.60. The fourth-order valence-corrected chi connectivity index (χ4v) is 4.27. The van der Waals surface area contributed by atoms with E-state index in [4.69, 9.17) is 4.74 Å². The summed E-state index contributed by atoms with van der Waals surface area (Å²) in [5.74, 6) is 0.226. The first-order valence-electron chi connectivity index (χ1n) is 10.9. The standard InChI is InChI=1S/C20H26F3N7O2S/c21-20(22,23)14-11-25-19(27-15-13-33-16(26-15)12-29-5-2-6-29)28-18(14)24-4-1-7-30-8-10-32-9-3-17(30)31/h11,13H,1-10,12H2,(H2,24,25,27,28). The summed E-state index contributed by atoms with van der Waals surface area (Å²) in [6.45, 7) is 4.89. The second-order valence-electron chi connectivity index (χ2n) is 7.86. The number of anilines is 3. The summed E-state index contributed by atoms with van der Waals surface area (Å²) in [5, 5.41) is 8.37. The summed E-state index contributed by atoms with van der Waals surface area (Å²) in [7, 11) is 0. The molecule has 0 atom stereocenters. The molecule has 0 saturated carbocycles.